The molecule has 1 rings (SSSR count). The van der Waals surface area contributed by atoms with E-state index >= 15 is 0 Å². The van der Waals surface area contributed by atoms with Crippen LogP contribution >= 0.6 is 12.6 Å². The van der Waals surface area contributed by atoms with Crippen molar-refractivity contribution in [1.82, 2.24) is 5.32 Å². The summed E-state index contributed by atoms with van der Waals surface area (Å²) in [4.78, 5) is 11.8. The van der Waals surface area contributed by atoms with Gasteiger partial charge in [0.2, 0.25) is 5.91 Å². The lowest BCUT2D eigenvalue weighted by Gasteiger charge is -2.12. The molecule has 1 amide bonds. The van der Waals surface area contributed by atoms with E-state index in [1.807, 2.05) is 30.3 Å². The van der Waals surface area contributed by atoms with Crippen LogP contribution in [0.1, 0.15) is 32.3 Å². The van der Waals surface area contributed by atoms with Crippen molar-refractivity contribution in [3.05, 3.63) is 35.9 Å². The molecule has 0 radical (unpaired) electrons. The van der Waals surface area contributed by atoms with Gasteiger partial charge >= 0.3 is 0 Å². The van der Waals surface area contributed by atoms with Crippen molar-refractivity contribution in [3.63, 3.8) is 0 Å². The van der Waals surface area contributed by atoms with E-state index in [1.54, 1.807) is 0 Å². The Kier molecular flexibility index (Phi) is 6.88. The Labute approximate surface area is 116 Å². The number of amides is 1. The summed E-state index contributed by atoms with van der Waals surface area (Å²) in [5.74, 6) is 0.726. The van der Waals surface area contributed by atoms with Crippen LogP contribution in [0.4, 0.5) is 0 Å². The summed E-state index contributed by atoms with van der Waals surface area (Å²) in [6.07, 6.45) is 2.87. The van der Waals surface area contributed by atoms with Crippen molar-refractivity contribution in [2.45, 2.75) is 38.4 Å². The van der Waals surface area contributed by atoms with Crippen LogP contribution in [-0.4, -0.2) is 17.7 Å². The molecule has 2 nitrogen and oxygen atoms in total. The predicted molar refractivity (Wildman–Crippen MR) is 80.0 cm³/mol. The van der Waals surface area contributed by atoms with Crippen molar-refractivity contribution in [3.8, 4) is 0 Å². The fourth-order valence-corrected chi connectivity index (χ4v) is 2.07. The van der Waals surface area contributed by atoms with Gasteiger partial charge in [-0.25, -0.2) is 0 Å². The van der Waals surface area contributed by atoms with Gasteiger partial charge in [0.15, 0.2) is 0 Å². The molecule has 0 bridgehead atoms. The van der Waals surface area contributed by atoms with Gasteiger partial charge in [-0.3, -0.25) is 4.79 Å². The van der Waals surface area contributed by atoms with Crippen LogP contribution in [0.5, 0.6) is 0 Å². The first-order chi connectivity index (χ1) is 8.59. The quantitative estimate of drug-likeness (QED) is 0.576. The molecule has 1 unspecified atom stereocenters. The number of rotatable bonds is 7. The minimum atomic E-state index is -0.258. The van der Waals surface area contributed by atoms with E-state index in [4.69, 9.17) is 0 Å². The largest absolute Gasteiger partial charge is 0.355 e. The first-order valence-electron chi connectivity index (χ1n) is 6.59. The first kappa shape index (κ1) is 15.1. The number of nitrogens with one attached hydrogen (secondary N) is 1. The highest BCUT2D eigenvalue weighted by molar-refractivity contribution is 7.81. The molecule has 18 heavy (non-hydrogen) atoms. The van der Waals surface area contributed by atoms with Crippen LogP contribution in [0.3, 0.4) is 0 Å². The lowest BCUT2D eigenvalue weighted by molar-refractivity contribution is -0.120. The van der Waals surface area contributed by atoms with Crippen LogP contribution in [0.15, 0.2) is 30.3 Å². The first-order valence-corrected chi connectivity index (χ1v) is 7.11. The Morgan fingerprint density at radius 2 is 1.94 bits per heavy atom. The van der Waals surface area contributed by atoms with Crippen LogP contribution in [0, 0.1) is 5.92 Å². The number of carbonyl (C=O) groups is 1. The molecule has 0 fully saturated rings. The fraction of sp³-hybridized carbons (Fsp3) is 0.533. The lowest BCUT2D eigenvalue weighted by Crippen LogP contribution is -2.33. The van der Waals surface area contributed by atoms with Crippen molar-refractivity contribution in [1.29, 1.82) is 0 Å². The zero-order valence-corrected chi connectivity index (χ0v) is 12.1. The van der Waals surface area contributed by atoms with Gasteiger partial charge in [0.25, 0.3) is 0 Å². The fourth-order valence-electron chi connectivity index (χ4n) is 1.77. The minimum absolute atomic E-state index is 0.0333. The van der Waals surface area contributed by atoms with Gasteiger partial charge in [0.1, 0.15) is 0 Å². The second-order valence-corrected chi connectivity index (χ2v) is 5.66. The molecule has 1 N–H and O–H groups in total. The Balaban J connectivity index is 2.25. The molecular formula is C15H23NOS. The smallest absolute Gasteiger partial charge is 0.233 e. The van der Waals surface area contributed by atoms with Crippen LogP contribution in [0.25, 0.3) is 0 Å². The molecule has 0 saturated carbocycles. The molecule has 0 heterocycles. The third-order valence-electron chi connectivity index (χ3n) is 2.83. The molecule has 0 aliphatic carbocycles. The molecule has 1 atom stereocenters. The van der Waals surface area contributed by atoms with Crippen molar-refractivity contribution in [2.75, 3.05) is 6.54 Å². The van der Waals surface area contributed by atoms with Crippen molar-refractivity contribution >= 4 is 18.5 Å². The number of hydrogen-bond donors (Lipinski definition) is 2. The predicted octanol–water partition coefficient (Wildman–Crippen LogP) is 3.08. The molecule has 0 spiro atoms. The standard InChI is InChI=1S/C15H23NOS/c1-12(2)7-6-10-16-15(17)14(18)11-13-8-4-3-5-9-13/h3-5,8-9,12,14,18H,6-7,10-11H2,1-2H3,(H,16,17). The highest BCUT2D eigenvalue weighted by Gasteiger charge is 2.13. The number of hydrogen-bond acceptors (Lipinski definition) is 2. The summed E-state index contributed by atoms with van der Waals surface area (Å²) in [6.45, 7) is 5.14. The third kappa shape index (κ3) is 6.10. The summed E-state index contributed by atoms with van der Waals surface area (Å²) in [5.41, 5.74) is 1.15. The molecule has 3 heteroatoms. The zero-order chi connectivity index (χ0) is 13.4. The average molecular weight is 265 g/mol. The summed E-state index contributed by atoms with van der Waals surface area (Å²) in [7, 11) is 0. The second-order valence-electron chi connectivity index (χ2n) is 5.03. The van der Waals surface area contributed by atoms with Crippen LogP contribution in [-0.2, 0) is 11.2 Å². The van der Waals surface area contributed by atoms with E-state index in [0.29, 0.717) is 12.3 Å². The number of benzene rings is 1. The van der Waals surface area contributed by atoms with E-state index in [2.05, 4.69) is 31.8 Å². The normalized spacial score (nSPS) is 12.4. The highest BCUT2D eigenvalue weighted by atomic mass is 32.1. The topological polar surface area (TPSA) is 29.1 Å². The summed E-state index contributed by atoms with van der Waals surface area (Å²) in [6, 6.07) is 9.99. The number of carbonyl (C=O) groups excluding carboxylic acids is 1. The molecule has 0 aliphatic rings. The van der Waals surface area contributed by atoms with E-state index in [0.717, 1.165) is 24.9 Å². The average Bonchev–Trinajstić information content (AvgIpc) is 2.35. The van der Waals surface area contributed by atoms with Gasteiger partial charge in [-0.15, -0.1) is 0 Å². The van der Waals surface area contributed by atoms with E-state index in [1.165, 1.54) is 0 Å². The Morgan fingerprint density at radius 1 is 1.28 bits per heavy atom. The summed E-state index contributed by atoms with van der Waals surface area (Å²) >= 11 is 4.37. The zero-order valence-electron chi connectivity index (χ0n) is 11.2. The summed E-state index contributed by atoms with van der Waals surface area (Å²) < 4.78 is 0. The van der Waals surface area contributed by atoms with E-state index < -0.39 is 0 Å². The van der Waals surface area contributed by atoms with E-state index in [-0.39, 0.29) is 11.2 Å². The molecule has 0 saturated heterocycles. The van der Waals surface area contributed by atoms with Gasteiger partial charge in [-0.2, -0.15) is 12.6 Å². The third-order valence-corrected chi connectivity index (χ3v) is 3.25. The molecular weight excluding hydrogens is 242 g/mol. The van der Waals surface area contributed by atoms with Gasteiger partial charge in [-0.1, -0.05) is 44.2 Å². The Hall–Kier alpha value is -0.960. The van der Waals surface area contributed by atoms with Gasteiger partial charge in [-0.05, 0) is 30.7 Å². The van der Waals surface area contributed by atoms with Gasteiger partial charge in [0.05, 0.1) is 5.25 Å². The number of thiol groups is 1. The highest BCUT2D eigenvalue weighted by Crippen LogP contribution is 2.08. The summed E-state index contributed by atoms with van der Waals surface area (Å²) in [5, 5.41) is 2.68. The maximum Gasteiger partial charge on any atom is 0.233 e. The second kappa shape index (κ2) is 8.20. The van der Waals surface area contributed by atoms with E-state index in [9.17, 15) is 4.79 Å². The minimum Gasteiger partial charge on any atom is -0.355 e. The monoisotopic (exact) mass is 265 g/mol. The molecule has 0 aromatic heterocycles. The molecule has 1 aromatic rings. The Bertz CT molecular complexity index is 351. The van der Waals surface area contributed by atoms with Crippen molar-refractivity contribution in [2.24, 2.45) is 5.92 Å². The maximum atomic E-state index is 11.8. The van der Waals surface area contributed by atoms with Crippen molar-refractivity contribution < 1.29 is 4.79 Å². The lowest BCUT2D eigenvalue weighted by atomic mass is 10.1. The molecule has 100 valence electrons. The molecule has 1 aromatic carbocycles. The SMILES string of the molecule is CC(C)CCCNC(=O)C(S)Cc1ccccc1. The van der Waals surface area contributed by atoms with Crippen LogP contribution in [0.2, 0.25) is 0 Å². The van der Waals surface area contributed by atoms with Crippen LogP contribution < -0.4 is 5.32 Å². The molecule has 0 aliphatic heterocycles. The van der Waals surface area contributed by atoms with Gasteiger partial charge < -0.3 is 5.32 Å². The maximum absolute atomic E-state index is 11.8. The Morgan fingerprint density at radius 3 is 2.56 bits per heavy atom. The van der Waals surface area contributed by atoms with Gasteiger partial charge in [0, 0.05) is 6.54 Å².